The summed E-state index contributed by atoms with van der Waals surface area (Å²) in [5.74, 6) is 0.933. The summed E-state index contributed by atoms with van der Waals surface area (Å²) in [6.45, 7) is 2.87. The second-order valence-corrected chi connectivity index (χ2v) is 8.78. The molecule has 1 atom stereocenters. The molecule has 0 radical (unpaired) electrons. The molecule has 168 valence electrons. The van der Waals surface area contributed by atoms with Gasteiger partial charge in [-0.2, -0.15) is 0 Å². The smallest absolute Gasteiger partial charge is 0.310 e. The summed E-state index contributed by atoms with van der Waals surface area (Å²) < 4.78 is 10.9. The Hall–Kier alpha value is -2.76. The van der Waals surface area contributed by atoms with Crippen molar-refractivity contribution in [3.63, 3.8) is 0 Å². The van der Waals surface area contributed by atoms with Crippen molar-refractivity contribution in [2.75, 3.05) is 13.2 Å². The van der Waals surface area contributed by atoms with E-state index in [9.17, 15) is 19.8 Å². The SMILES string of the molecule is CC1CC(O)=CC=C1CC(=O)OCC1CCC(COC(=O)Cc2ccc(O)cc2)CC1. The van der Waals surface area contributed by atoms with Crippen molar-refractivity contribution >= 4 is 11.9 Å². The van der Waals surface area contributed by atoms with Gasteiger partial charge in [0.1, 0.15) is 5.75 Å². The largest absolute Gasteiger partial charge is 0.512 e. The Kier molecular flexibility index (Phi) is 8.15. The van der Waals surface area contributed by atoms with Gasteiger partial charge in [0.2, 0.25) is 0 Å². The van der Waals surface area contributed by atoms with E-state index < -0.39 is 0 Å². The van der Waals surface area contributed by atoms with Crippen LogP contribution in [0.1, 0.15) is 51.0 Å². The number of aromatic hydroxyl groups is 1. The standard InChI is InChI=1S/C25H32O6/c1-17-12-23(27)11-8-21(17)14-25(29)31-16-20-4-2-19(3-5-20)15-30-24(28)13-18-6-9-22(26)10-7-18/h6-11,17,19-20,26-27H,2-5,12-16H2,1H3. The molecule has 0 saturated heterocycles. The van der Waals surface area contributed by atoms with Crippen LogP contribution in [0.5, 0.6) is 5.75 Å². The third-order valence-electron chi connectivity index (χ3n) is 6.20. The Bertz CT molecular complexity index is 815. The molecule has 1 fully saturated rings. The van der Waals surface area contributed by atoms with Crippen molar-refractivity contribution in [1.82, 2.24) is 0 Å². The normalized spacial score (nSPS) is 23.5. The van der Waals surface area contributed by atoms with E-state index in [0.717, 1.165) is 36.8 Å². The highest BCUT2D eigenvalue weighted by molar-refractivity contribution is 5.73. The number of allylic oxidation sites excluding steroid dienone is 3. The highest BCUT2D eigenvalue weighted by atomic mass is 16.5. The van der Waals surface area contributed by atoms with Crippen LogP contribution >= 0.6 is 0 Å². The van der Waals surface area contributed by atoms with Gasteiger partial charge in [-0.3, -0.25) is 9.59 Å². The fraction of sp³-hybridized carbons (Fsp3) is 0.520. The summed E-state index contributed by atoms with van der Waals surface area (Å²) in [5.41, 5.74) is 1.82. The summed E-state index contributed by atoms with van der Waals surface area (Å²) in [4.78, 5) is 24.2. The van der Waals surface area contributed by atoms with Gasteiger partial charge in [-0.1, -0.05) is 30.7 Å². The number of phenols is 1. The predicted molar refractivity (Wildman–Crippen MR) is 116 cm³/mol. The van der Waals surface area contributed by atoms with E-state index >= 15 is 0 Å². The Labute approximate surface area is 183 Å². The number of carbonyl (C=O) groups is 2. The molecule has 1 unspecified atom stereocenters. The summed E-state index contributed by atoms with van der Waals surface area (Å²) in [7, 11) is 0. The van der Waals surface area contributed by atoms with Gasteiger partial charge >= 0.3 is 11.9 Å². The lowest BCUT2D eigenvalue weighted by atomic mass is 9.83. The quantitative estimate of drug-likeness (QED) is 0.587. The first-order valence-electron chi connectivity index (χ1n) is 11.1. The molecule has 1 saturated carbocycles. The molecule has 0 bridgehead atoms. The van der Waals surface area contributed by atoms with Gasteiger partial charge in [0, 0.05) is 6.42 Å². The summed E-state index contributed by atoms with van der Waals surface area (Å²) in [6.07, 6.45) is 8.37. The van der Waals surface area contributed by atoms with E-state index in [1.54, 1.807) is 30.3 Å². The predicted octanol–water partition coefficient (Wildman–Crippen LogP) is 4.63. The molecule has 0 aliphatic heterocycles. The van der Waals surface area contributed by atoms with Gasteiger partial charge in [0.15, 0.2) is 0 Å². The Morgan fingerprint density at radius 1 is 0.871 bits per heavy atom. The number of aliphatic hydroxyl groups is 1. The molecule has 0 spiro atoms. The van der Waals surface area contributed by atoms with Crippen LogP contribution in [0.25, 0.3) is 0 Å². The lowest BCUT2D eigenvalue weighted by Crippen LogP contribution is -2.24. The third-order valence-corrected chi connectivity index (χ3v) is 6.20. The first kappa shape index (κ1) is 22.9. The van der Waals surface area contributed by atoms with Gasteiger partial charge in [-0.15, -0.1) is 0 Å². The minimum absolute atomic E-state index is 0.157. The number of aliphatic hydroxyl groups excluding tert-OH is 1. The molecule has 2 N–H and O–H groups in total. The number of phenolic OH excluding ortho intramolecular Hbond substituents is 1. The summed E-state index contributed by atoms with van der Waals surface area (Å²) in [6, 6.07) is 6.56. The molecule has 6 heteroatoms. The van der Waals surface area contributed by atoms with Crippen LogP contribution in [-0.2, 0) is 25.5 Å². The molecular formula is C25H32O6. The summed E-state index contributed by atoms with van der Waals surface area (Å²) >= 11 is 0. The molecule has 0 heterocycles. The van der Waals surface area contributed by atoms with Crippen LogP contribution in [0.2, 0.25) is 0 Å². The average Bonchev–Trinajstić information content (AvgIpc) is 2.75. The molecule has 31 heavy (non-hydrogen) atoms. The Morgan fingerprint density at radius 3 is 1.97 bits per heavy atom. The van der Waals surface area contributed by atoms with Crippen molar-refractivity contribution in [1.29, 1.82) is 0 Å². The number of ether oxygens (including phenoxy) is 2. The van der Waals surface area contributed by atoms with Gasteiger partial charge < -0.3 is 19.7 Å². The molecular weight excluding hydrogens is 396 g/mol. The third kappa shape index (κ3) is 7.46. The first-order chi connectivity index (χ1) is 14.9. The maximum Gasteiger partial charge on any atom is 0.310 e. The Morgan fingerprint density at radius 2 is 1.42 bits per heavy atom. The lowest BCUT2D eigenvalue weighted by Gasteiger charge is -2.28. The average molecular weight is 429 g/mol. The van der Waals surface area contributed by atoms with E-state index in [-0.39, 0.29) is 36.4 Å². The van der Waals surface area contributed by atoms with Crippen LogP contribution in [0.4, 0.5) is 0 Å². The minimum Gasteiger partial charge on any atom is -0.512 e. The zero-order chi connectivity index (χ0) is 22.2. The number of carbonyl (C=O) groups excluding carboxylic acids is 2. The topological polar surface area (TPSA) is 93.1 Å². The number of rotatable bonds is 8. The molecule has 2 aliphatic rings. The van der Waals surface area contributed by atoms with Crippen molar-refractivity contribution in [3.8, 4) is 5.75 Å². The second kappa shape index (κ2) is 11.0. The van der Waals surface area contributed by atoms with Gasteiger partial charge in [0.05, 0.1) is 31.8 Å². The van der Waals surface area contributed by atoms with Crippen molar-refractivity contribution in [2.45, 2.75) is 51.9 Å². The van der Waals surface area contributed by atoms with Crippen LogP contribution in [0.15, 0.2) is 47.7 Å². The second-order valence-electron chi connectivity index (χ2n) is 8.78. The molecule has 0 amide bonds. The van der Waals surface area contributed by atoms with Crippen LogP contribution in [0, 0.1) is 17.8 Å². The van der Waals surface area contributed by atoms with Crippen LogP contribution in [-0.4, -0.2) is 35.4 Å². The van der Waals surface area contributed by atoms with E-state index in [1.807, 2.05) is 13.0 Å². The van der Waals surface area contributed by atoms with E-state index in [4.69, 9.17) is 9.47 Å². The monoisotopic (exact) mass is 428 g/mol. The fourth-order valence-electron chi connectivity index (χ4n) is 4.15. The van der Waals surface area contributed by atoms with Crippen molar-refractivity contribution in [3.05, 3.63) is 53.3 Å². The summed E-state index contributed by atoms with van der Waals surface area (Å²) in [5, 5.41) is 18.8. The van der Waals surface area contributed by atoms with E-state index in [0.29, 0.717) is 37.2 Å². The molecule has 0 aromatic heterocycles. The van der Waals surface area contributed by atoms with E-state index in [1.165, 1.54) is 0 Å². The molecule has 3 rings (SSSR count). The minimum atomic E-state index is -0.254. The Balaban J connectivity index is 1.30. The van der Waals surface area contributed by atoms with Gasteiger partial charge in [-0.25, -0.2) is 0 Å². The molecule has 2 aliphatic carbocycles. The fourth-order valence-corrected chi connectivity index (χ4v) is 4.15. The van der Waals surface area contributed by atoms with Crippen LogP contribution < -0.4 is 0 Å². The number of esters is 2. The number of benzene rings is 1. The zero-order valence-corrected chi connectivity index (χ0v) is 18.1. The zero-order valence-electron chi connectivity index (χ0n) is 18.1. The highest BCUT2D eigenvalue weighted by Crippen LogP contribution is 2.30. The molecule has 1 aromatic rings. The number of hydrogen-bond donors (Lipinski definition) is 2. The maximum atomic E-state index is 12.2. The molecule has 1 aromatic carbocycles. The highest BCUT2D eigenvalue weighted by Gasteiger charge is 2.24. The van der Waals surface area contributed by atoms with E-state index in [2.05, 4.69) is 0 Å². The van der Waals surface area contributed by atoms with Gasteiger partial charge in [-0.05, 0) is 67.2 Å². The first-order valence-corrected chi connectivity index (χ1v) is 11.1. The van der Waals surface area contributed by atoms with Gasteiger partial charge in [0.25, 0.3) is 0 Å². The van der Waals surface area contributed by atoms with Crippen molar-refractivity contribution in [2.24, 2.45) is 17.8 Å². The van der Waals surface area contributed by atoms with Crippen molar-refractivity contribution < 1.29 is 29.3 Å². The maximum absolute atomic E-state index is 12.2. The van der Waals surface area contributed by atoms with Crippen LogP contribution in [0.3, 0.4) is 0 Å². The number of hydrogen-bond acceptors (Lipinski definition) is 6. The molecule has 6 nitrogen and oxygen atoms in total. The lowest BCUT2D eigenvalue weighted by molar-refractivity contribution is -0.147.